The molecule has 3 nitrogen and oxygen atoms in total. The van der Waals surface area contributed by atoms with E-state index in [2.05, 4.69) is 4.90 Å². The SMILES string of the molecule is CC(C(=O)O)N(C)C1CC2CCC1C2. The first-order valence-corrected chi connectivity index (χ1v) is 5.54. The Balaban J connectivity index is 1.98. The fourth-order valence-electron chi connectivity index (χ4n) is 3.17. The van der Waals surface area contributed by atoms with E-state index in [0.717, 1.165) is 11.8 Å². The largest absolute Gasteiger partial charge is 0.480 e. The minimum Gasteiger partial charge on any atom is -0.480 e. The molecule has 0 aromatic heterocycles. The molecule has 14 heavy (non-hydrogen) atoms. The summed E-state index contributed by atoms with van der Waals surface area (Å²) in [4.78, 5) is 12.9. The number of rotatable bonds is 3. The van der Waals surface area contributed by atoms with Crippen LogP contribution in [0.2, 0.25) is 0 Å². The van der Waals surface area contributed by atoms with Crippen LogP contribution in [0.4, 0.5) is 0 Å². The van der Waals surface area contributed by atoms with Crippen molar-refractivity contribution in [1.29, 1.82) is 0 Å². The molecule has 2 aliphatic carbocycles. The number of hydrogen-bond donors (Lipinski definition) is 1. The molecule has 0 aromatic carbocycles. The zero-order valence-corrected chi connectivity index (χ0v) is 8.94. The van der Waals surface area contributed by atoms with Crippen LogP contribution in [0.15, 0.2) is 0 Å². The van der Waals surface area contributed by atoms with E-state index >= 15 is 0 Å². The number of carboxylic acid groups (broad SMARTS) is 1. The lowest BCUT2D eigenvalue weighted by atomic mass is 9.93. The summed E-state index contributed by atoms with van der Waals surface area (Å²) >= 11 is 0. The van der Waals surface area contributed by atoms with Gasteiger partial charge in [-0.25, -0.2) is 0 Å². The normalized spacial score (nSPS) is 37.8. The van der Waals surface area contributed by atoms with Crippen LogP contribution >= 0.6 is 0 Å². The topological polar surface area (TPSA) is 40.5 Å². The van der Waals surface area contributed by atoms with Gasteiger partial charge >= 0.3 is 5.97 Å². The molecule has 3 heteroatoms. The molecule has 0 spiro atoms. The standard InChI is InChI=1S/C11H19NO2/c1-7(11(13)14)12(2)10-6-8-3-4-9(10)5-8/h7-10H,3-6H2,1-2H3,(H,13,14). The molecule has 2 bridgehead atoms. The van der Waals surface area contributed by atoms with E-state index in [-0.39, 0.29) is 6.04 Å². The van der Waals surface area contributed by atoms with Crippen LogP contribution in [-0.4, -0.2) is 35.1 Å². The highest BCUT2D eigenvalue weighted by Crippen LogP contribution is 2.46. The molecule has 2 fully saturated rings. The fourth-order valence-corrected chi connectivity index (χ4v) is 3.17. The van der Waals surface area contributed by atoms with Gasteiger partial charge in [0.05, 0.1) is 0 Å². The molecule has 0 aromatic rings. The average Bonchev–Trinajstić information content (AvgIpc) is 2.76. The molecule has 4 atom stereocenters. The minimum absolute atomic E-state index is 0.334. The van der Waals surface area contributed by atoms with Crippen LogP contribution in [0.1, 0.15) is 32.6 Å². The molecule has 0 saturated heterocycles. The van der Waals surface area contributed by atoms with E-state index in [1.165, 1.54) is 25.7 Å². The molecule has 0 heterocycles. The van der Waals surface area contributed by atoms with Crippen molar-refractivity contribution < 1.29 is 9.90 Å². The molecule has 80 valence electrons. The van der Waals surface area contributed by atoms with Gasteiger partial charge in [0.15, 0.2) is 0 Å². The maximum Gasteiger partial charge on any atom is 0.320 e. The van der Waals surface area contributed by atoms with Gasteiger partial charge in [0, 0.05) is 6.04 Å². The zero-order valence-electron chi connectivity index (χ0n) is 8.94. The predicted octanol–water partition coefficient (Wildman–Crippen LogP) is 1.58. The third kappa shape index (κ3) is 1.54. The summed E-state index contributed by atoms with van der Waals surface area (Å²) in [5.41, 5.74) is 0. The molecule has 0 aliphatic heterocycles. The number of hydrogen-bond acceptors (Lipinski definition) is 2. The average molecular weight is 197 g/mol. The van der Waals surface area contributed by atoms with E-state index < -0.39 is 5.97 Å². The summed E-state index contributed by atoms with van der Waals surface area (Å²) in [5.74, 6) is 0.954. The maximum atomic E-state index is 10.9. The van der Waals surface area contributed by atoms with E-state index in [9.17, 15) is 4.79 Å². The van der Waals surface area contributed by atoms with Crippen molar-refractivity contribution >= 4 is 5.97 Å². The van der Waals surface area contributed by atoms with Crippen molar-refractivity contribution in [2.24, 2.45) is 11.8 Å². The smallest absolute Gasteiger partial charge is 0.320 e. The van der Waals surface area contributed by atoms with Gasteiger partial charge in [-0.1, -0.05) is 6.42 Å². The Morgan fingerprint density at radius 2 is 2.14 bits per heavy atom. The first-order chi connectivity index (χ1) is 6.59. The summed E-state index contributed by atoms with van der Waals surface area (Å²) in [7, 11) is 1.96. The van der Waals surface area contributed by atoms with Crippen LogP contribution in [0.3, 0.4) is 0 Å². The highest BCUT2D eigenvalue weighted by atomic mass is 16.4. The third-order valence-corrected chi connectivity index (χ3v) is 4.19. The van der Waals surface area contributed by atoms with Crippen LogP contribution in [-0.2, 0) is 4.79 Å². The van der Waals surface area contributed by atoms with Crippen molar-refractivity contribution in [2.45, 2.75) is 44.7 Å². The summed E-state index contributed by atoms with van der Waals surface area (Å²) in [6.07, 6.45) is 5.24. The van der Waals surface area contributed by atoms with Crippen molar-refractivity contribution in [1.82, 2.24) is 4.90 Å². The van der Waals surface area contributed by atoms with Crippen LogP contribution in [0.25, 0.3) is 0 Å². The highest BCUT2D eigenvalue weighted by Gasteiger charge is 2.42. The van der Waals surface area contributed by atoms with Gasteiger partial charge in [-0.15, -0.1) is 0 Å². The van der Waals surface area contributed by atoms with Gasteiger partial charge < -0.3 is 5.11 Å². The summed E-state index contributed by atoms with van der Waals surface area (Å²) in [6.45, 7) is 1.79. The van der Waals surface area contributed by atoms with Crippen molar-refractivity contribution in [2.75, 3.05) is 7.05 Å². The molecule has 2 rings (SSSR count). The van der Waals surface area contributed by atoms with Crippen molar-refractivity contribution in [3.8, 4) is 0 Å². The van der Waals surface area contributed by atoms with Gasteiger partial charge in [-0.2, -0.15) is 0 Å². The Hall–Kier alpha value is -0.570. The molecular formula is C11H19NO2. The lowest BCUT2D eigenvalue weighted by molar-refractivity contribution is -0.143. The second kappa shape index (κ2) is 3.54. The Labute approximate surface area is 85.1 Å². The zero-order chi connectivity index (χ0) is 10.3. The van der Waals surface area contributed by atoms with Crippen molar-refractivity contribution in [3.63, 3.8) is 0 Å². The van der Waals surface area contributed by atoms with Crippen LogP contribution < -0.4 is 0 Å². The van der Waals surface area contributed by atoms with Gasteiger partial charge in [0.1, 0.15) is 6.04 Å². The summed E-state index contributed by atoms with van der Waals surface area (Å²) in [5, 5.41) is 8.94. The minimum atomic E-state index is -0.699. The van der Waals surface area contributed by atoms with Gasteiger partial charge in [0.2, 0.25) is 0 Å². The number of carboxylic acids is 1. The monoisotopic (exact) mass is 197 g/mol. The fraction of sp³-hybridized carbons (Fsp3) is 0.909. The van der Waals surface area contributed by atoms with E-state index in [1.54, 1.807) is 6.92 Å². The molecule has 4 unspecified atom stereocenters. The summed E-state index contributed by atoms with van der Waals surface area (Å²) in [6, 6.07) is 0.194. The van der Waals surface area contributed by atoms with Gasteiger partial charge in [-0.3, -0.25) is 9.69 Å². The Morgan fingerprint density at radius 3 is 2.57 bits per heavy atom. The highest BCUT2D eigenvalue weighted by molar-refractivity contribution is 5.72. The quantitative estimate of drug-likeness (QED) is 0.746. The molecular weight excluding hydrogens is 178 g/mol. The number of aliphatic carboxylic acids is 1. The molecule has 0 radical (unpaired) electrons. The van der Waals surface area contributed by atoms with E-state index in [1.807, 2.05) is 7.05 Å². The predicted molar refractivity (Wildman–Crippen MR) is 54.1 cm³/mol. The number of fused-ring (bicyclic) bond motifs is 2. The Kier molecular flexibility index (Phi) is 2.52. The second-order valence-corrected chi connectivity index (χ2v) is 4.92. The Morgan fingerprint density at radius 1 is 1.43 bits per heavy atom. The maximum absolute atomic E-state index is 10.9. The van der Waals surface area contributed by atoms with E-state index in [4.69, 9.17) is 5.11 Å². The molecule has 1 N–H and O–H groups in total. The lowest BCUT2D eigenvalue weighted by Gasteiger charge is -2.33. The Bertz CT molecular complexity index is 241. The van der Waals surface area contributed by atoms with Crippen LogP contribution in [0.5, 0.6) is 0 Å². The van der Waals surface area contributed by atoms with E-state index in [0.29, 0.717) is 6.04 Å². The third-order valence-electron chi connectivity index (χ3n) is 4.19. The van der Waals surface area contributed by atoms with Crippen molar-refractivity contribution in [3.05, 3.63) is 0 Å². The number of nitrogens with zero attached hydrogens (tertiary/aromatic N) is 1. The first kappa shape index (κ1) is 9.97. The molecule has 2 saturated carbocycles. The summed E-state index contributed by atoms with van der Waals surface area (Å²) < 4.78 is 0. The lowest BCUT2D eigenvalue weighted by Crippen LogP contribution is -2.45. The number of carbonyl (C=O) groups is 1. The number of likely N-dealkylation sites (N-methyl/N-ethyl adjacent to an activating group) is 1. The van der Waals surface area contributed by atoms with Crippen LogP contribution in [0, 0.1) is 11.8 Å². The molecule has 2 aliphatic rings. The molecule has 0 amide bonds. The van der Waals surface area contributed by atoms with Gasteiger partial charge in [-0.05, 0) is 45.1 Å². The van der Waals surface area contributed by atoms with Gasteiger partial charge in [0.25, 0.3) is 0 Å². The second-order valence-electron chi connectivity index (χ2n) is 4.92. The first-order valence-electron chi connectivity index (χ1n) is 5.54.